The number of amides is 1. The average molecular weight is 407 g/mol. The summed E-state index contributed by atoms with van der Waals surface area (Å²) in [6.07, 6.45) is 0.692. The van der Waals surface area contributed by atoms with Crippen molar-refractivity contribution in [3.05, 3.63) is 63.7 Å². The minimum Gasteiger partial charge on any atom is -0.352 e. The van der Waals surface area contributed by atoms with E-state index in [9.17, 15) is 4.79 Å². The number of carbonyl (C=O) groups excluding carboxylic acids is 1. The molecule has 29 heavy (non-hydrogen) atoms. The summed E-state index contributed by atoms with van der Waals surface area (Å²) in [6.45, 7) is 6.58. The zero-order valence-corrected chi connectivity index (χ0v) is 17.4. The zero-order chi connectivity index (χ0) is 20.4. The summed E-state index contributed by atoms with van der Waals surface area (Å²) in [7, 11) is 0. The number of carbonyl (C=O) groups is 1. The molecule has 4 aromatic rings. The second kappa shape index (κ2) is 8.13. The fourth-order valence-corrected chi connectivity index (χ4v) is 4.00. The Kier molecular flexibility index (Phi) is 5.40. The van der Waals surface area contributed by atoms with Crippen molar-refractivity contribution in [3.63, 3.8) is 0 Å². The highest BCUT2D eigenvalue weighted by Gasteiger charge is 2.19. The first kappa shape index (κ1) is 19.3. The highest BCUT2D eigenvalue weighted by atomic mass is 32.1. The lowest BCUT2D eigenvalue weighted by Gasteiger charge is -2.08. The van der Waals surface area contributed by atoms with Crippen LogP contribution in [-0.2, 0) is 6.42 Å². The smallest absolute Gasteiger partial charge is 0.259 e. The predicted octanol–water partition coefficient (Wildman–Crippen LogP) is 4.75. The molecule has 0 atom stereocenters. The van der Waals surface area contributed by atoms with E-state index in [0.717, 1.165) is 16.3 Å². The summed E-state index contributed by atoms with van der Waals surface area (Å²) in [4.78, 5) is 22.1. The van der Waals surface area contributed by atoms with E-state index in [-0.39, 0.29) is 5.91 Å². The Morgan fingerprint density at radius 3 is 2.72 bits per heavy atom. The van der Waals surface area contributed by atoms with E-state index in [1.54, 1.807) is 17.4 Å². The minimum absolute atomic E-state index is 0.166. The van der Waals surface area contributed by atoms with Gasteiger partial charge in [-0.2, -0.15) is 0 Å². The number of hydrogen-bond donors (Lipinski definition) is 1. The van der Waals surface area contributed by atoms with Gasteiger partial charge in [0.05, 0.1) is 33.0 Å². The molecule has 148 valence electrons. The largest absolute Gasteiger partial charge is 0.352 e. The Labute approximate surface area is 173 Å². The second-order valence-corrected chi connectivity index (χ2v) is 8.10. The molecule has 0 unspecified atom stereocenters. The van der Waals surface area contributed by atoms with Gasteiger partial charge in [-0.3, -0.25) is 4.79 Å². The van der Waals surface area contributed by atoms with Gasteiger partial charge in [0.1, 0.15) is 0 Å². The highest BCUT2D eigenvalue weighted by Crippen LogP contribution is 2.27. The fourth-order valence-electron chi connectivity index (χ4n) is 3.13. The number of nitrogens with one attached hydrogen (secondary N) is 1. The number of pyridine rings is 1. The Balaban J connectivity index is 1.56. The van der Waals surface area contributed by atoms with E-state index < -0.39 is 0 Å². The van der Waals surface area contributed by atoms with E-state index >= 15 is 0 Å². The standard InChI is InChI=1S/C22H22N4O2S/c1-13(2)22-24-16(12-29-22)9-10-23-20(27)17-11-18(15-7-5-4-6-8-15)25-21-19(17)14(3)26-28-21/h4-8,11-13H,9-10H2,1-3H3,(H,23,27). The molecule has 0 aliphatic rings. The molecule has 3 heterocycles. The highest BCUT2D eigenvalue weighted by molar-refractivity contribution is 7.09. The molecule has 0 aliphatic heterocycles. The molecule has 1 N–H and O–H groups in total. The molecule has 0 radical (unpaired) electrons. The first-order valence-corrected chi connectivity index (χ1v) is 10.5. The van der Waals surface area contributed by atoms with Gasteiger partial charge in [-0.15, -0.1) is 11.3 Å². The number of rotatable bonds is 6. The third-order valence-corrected chi connectivity index (χ3v) is 5.86. The van der Waals surface area contributed by atoms with Gasteiger partial charge in [0.25, 0.3) is 11.6 Å². The maximum absolute atomic E-state index is 13.0. The molecule has 1 aromatic carbocycles. The van der Waals surface area contributed by atoms with Crippen molar-refractivity contribution in [1.29, 1.82) is 0 Å². The topological polar surface area (TPSA) is 80.9 Å². The molecule has 7 heteroatoms. The van der Waals surface area contributed by atoms with E-state index in [1.807, 2.05) is 37.3 Å². The van der Waals surface area contributed by atoms with Gasteiger partial charge in [-0.05, 0) is 13.0 Å². The molecule has 1 amide bonds. The lowest BCUT2D eigenvalue weighted by molar-refractivity contribution is 0.0955. The van der Waals surface area contributed by atoms with E-state index in [1.165, 1.54) is 0 Å². The van der Waals surface area contributed by atoms with Crippen LogP contribution in [0.25, 0.3) is 22.4 Å². The van der Waals surface area contributed by atoms with Crippen molar-refractivity contribution < 1.29 is 9.32 Å². The van der Waals surface area contributed by atoms with Gasteiger partial charge in [-0.25, -0.2) is 9.97 Å². The van der Waals surface area contributed by atoms with Crippen LogP contribution >= 0.6 is 11.3 Å². The zero-order valence-electron chi connectivity index (χ0n) is 16.6. The average Bonchev–Trinajstić information content (AvgIpc) is 3.35. The molecule has 0 saturated heterocycles. The number of fused-ring (bicyclic) bond motifs is 1. The van der Waals surface area contributed by atoms with Crippen molar-refractivity contribution in [2.45, 2.75) is 33.1 Å². The van der Waals surface area contributed by atoms with Crippen molar-refractivity contribution in [2.24, 2.45) is 0 Å². The maximum Gasteiger partial charge on any atom is 0.259 e. The molecule has 4 rings (SSSR count). The maximum atomic E-state index is 13.0. The third-order valence-electron chi connectivity index (χ3n) is 4.66. The van der Waals surface area contributed by atoms with Crippen molar-refractivity contribution >= 4 is 28.3 Å². The van der Waals surface area contributed by atoms with E-state index in [4.69, 9.17) is 4.52 Å². The summed E-state index contributed by atoms with van der Waals surface area (Å²) in [5, 5.41) is 10.8. The number of aryl methyl sites for hydroxylation is 1. The normalized spacial score (nSPS) is 11.3. The van der Waals surface area contributed by atoms with Gasteiger partial charge in [0, 0.05) is 29.8 Å². The molecule has 0 aliphatic carbocycles. The van der Waals surface area contributed by atoms with E-state index in [2.05, 4.69) is 39.7 Å². The fraction of sp³-hybridized carbons (Fsp3) is 0.273. The molecular formula is C22H22N4O2S. The molecule has 0 fully saturated rings. The van der Waals surface area contributed by atoms with Gasteiger partial charge in [0.15, 0.2) is 0 Å². The molecule has 0 bridgehead atoms. The van der Waals surface area contributed by atoms with Crippen LogP contribution in [0.2, 0.25) is 0 Å². The van der Waals surface area contributed by atoms with Gasteiger partial charge >= 0.3 is 0 Å². The molecule has 0 spiro atoms. The van der Waals surface area contributed by atoms with Gasteiger partial charge in [-0.1, -0.05) is 49.3 Å². The summed E-state index contributed by atoms with van der Waals surface area (Å²) in [5.41, 5.74) is 4.15. The van der Waals surface area contributed by atoms with Gasteiger partial charge < -0.3 is 9.84 Å². The number of nitrogens with zero attached hydrogens (tertiary/aromatic N) is 3. The van der Waals surface area contributed by atoms with Crippen LogP contribution in [0.15, 0.2) is 46.3 Å². The van der Waals surface area contributed by atoms with Crippen LogP contribution in [0.4, 0.5) is 0 Å². The lowest BCUT2D eigenvalue weighted by Crippen LogP contribution is -2.26. The van der Waals surface area contributed by atoms with Crippen LogP contribution in [0.1, 0.15) is 46.5 Å². The molecule has 3 aromatic heterocycles. The number of hydrogen-bond acceptors (Lipinski definition) is 6. The van der Waals surface area contributed by atoms with Crippen molar-refractivity contribution in [1.82, 2.24) is 20.4 Å². The first-order valence-electron chi connectivity index (χ1n) is 9.58. The molecule has 6 nitrogen and oxygen atoms in total. The quantitative estimate of drug-likeness (QED) is 0.500. The van der Waals surface area contributed by atoms with Crippen LogP contribution in [0, 0.1) is 6.92 Å². The molecular weight excluding hydrogens is 384 g/mol. The van der Waals surface area contributed by atoms with Gasteiger partial charge in [0.2, 0.25) is 0 Å². The summed E-state index contributed by atoms with van der Waals surface area (Å²) in [5.74, 6) is 0.251. The van der Waals surface area contributed by atoms with Crippen molar-refractivity contribution in [3.8, 4) is 11.3 Å². The predicted molar refractivity (Wildman–Crippen MR) is 114 cm³/mol. The number of benzene rings is 1. The lowest BCUT2D eigenvalue weighted by atomic mass is 10.1. The SMILES string of the molecule is Cc1noc2nc(-c3ccccc3)cc(C(=O)NCCc3csc(C(C)C)n3)c12. The molecule has 0 saturated carbocycles. The first-order chi connectivity index (χ1) is 14.0. The van der Waals surface area contributed by atoms with Crippen LogP contribution in [0.5, 0.6) is 0 Å². The summed E-state index contributed by atoms with van der Waals surface area (Å²) >= 11 is 1.66. The Morgan fingerprint density at radius 2 is 2.00 bits per heavy atom. The summed E-state index contributed by atoms with van der Waals surface area (Å²) < 4.78 is 5.35. The number of aromatic nitrogens is 3. The minimum atomic E-state index is -0.166. The second-order valence-electron chi connectivity index (χ2n) is 7.21. The summed E-state index contributed by atoms with van der Waals surface area (Å²) in [6, 6.07) is 11.5. The van der Waals surface area contributed by atoms with Crippen molar-refractivity contribution in [2.75, 3.05) is 6.54 Å². The Hall–Kier alpha value is -3.06. The monoisotopic (exact) mass is 406 g/mol. The third kappa shape index (κ3) is 4.05. The Morgan fingerprint density at radius 1 is 1.21 bits per heavy atom. The number of thiazole rings is 1. The van der Waals surface area contributed by atoms with E-state index in [0.29, 0.717) is 46.9 Å². The van der Waals surface area contributed by atoms with Crippen LogP contribution in [-0.4, -0.2) is 27.6 Å². The van der Waals surface area contributed by atoms with Crippen LogP contribution in [0.3, 0.4) is 0 Å². The Bertz CT molecular complexity index is 1150. The van der Waals surface area contributed by atoms with Crippen LogP contribution < -0.4 is 5.32 Å².